The van der Waals surface area contributed by atoms with Crippen molar-refractivity contribution in [3.8, 4) is 0 Å². The predicted molar refractivity (Wildman–Crippen MR) is 77.2 cm³/mol. The topological polar surface area (TPSA) is 49.8 Å². The third-order valence-electron chi connectivity index (χ3n) is 3.66. The molecule has 21 heavy (non-hydrogen) atoms. The summed E-state index contributed by atoms with van der Waals surface area (Å²) in [6, 6.07) is 5.90. The van der Waals surface area contributed by atoms with Gasteiger partial charge >= 0.3 is 0 Å². The number of hydrogen-bond donors (Lipinski definition) is 1. The number of benzene rings is 1. The minimum Gasteiger partial charge on any atom is -0.387 e. The monoisotopic (exact) mass is 295 g/mol. The van der Waals surface area contributed by atoms with Crippen LogP contribution < -0.4 is 0 Å². The molecule has 2 unspecified atom stereocenters. The Morgan fingerprint density at radius 3 is 2.57 bits per heavy atom. The second-order valence-corrected chi connectivity index (χ2v) is 5.39. The molecule has 0 spiro atoms. The van der Waals surface area contributed by atoms with Gasteiger partial charge in [0.05, 0.1) is 12.6 Å². The molecule has 1 aliphatic rings. The molecule has 0 saturated heterocycles. The summed E-state index contributed by atoms with van der Waals surface area (Å²) in [5.74, 6) is -0.438. The van der Waals surface area contributed by atoms with Crippen molar-refractivity contribution in [2.24, 2.45) is 0 Å². The fourth-order valence-corrected chi connectivity index (χ4v) is 2.34. The number of halogens is 1. The number of ether oxygens (including phenoxy) is 1. The molecule has 4 nitrogen and oxygen atoms in total. The summed E-state index contributed by atoms with van der Waals surface area (Å²) in [5, 5.41) is 10.3. The fourth-order valence-electron chi connectivity index (χ4n) is 2.34. The zero-order valence-electron chi connectivity index (χ0n) is 12.5. The number of aliphatic hydroxyl groups excluding tert-OH is 1. The van der Waals surface area contributed by atoms with Crippen molar-refractivity contribution in [2.45, 2.75) is 44.9 Å². The number of carbonyl (C=O) groups is 1. The largest absolute Gasteiger partial charge is 0.387 e. The number of nitrogens with zero attached hydrogens (tertiary/aromatic N) is 1. The minimum absolute atomic E-state index is 0.0967. The highest BCUT2D eigenvalue weighted by molar-refractivity contribution is 5.81. The first-order valence-electron chi connectivity index (χ1n) is 7.38. The van der Waals surface area contributed by atoms with E-state index in [-0.39, 0.29) is 24.3 Å². The third-order valence-corrected chi connectivity index (χ3v) is 3.66. The van der Waals surface area contributed by atoms with Crippen LogP contribution in [0.2, 0.25) is 0 Å². The number of hydrogen-bond acceptors (Lipinski definition) is 3. The van der Waals surface area contributed by atoms with Gasteiger partial charge in [0, 0.05) is 12.6 Å². The third kappa shape index (κ3) is 4.25. The maximum atomic E-state index is 12.9. The molecule has 1 aromatic carbocycles. The van der Waals surface area contributed by atoms with Gasteiger partial charge in [-0.05, 0) is 44.4 Å². The van der Waals surface area contributed by atoms with E-state index < -0.39 is 12.2 Å². The van der Waals surface area contributed by atoms with Crippen LogP contribution in [-0.2, 0) is 9.53 Å². The Bertz CT molecular complexity index is 473. The van der Waals surface area contributed by atoms with Crippen LogP contribution in [0.3, 0.4) is 0 Å². The average Bonchev–Trinajstić information content (AvgIpc) is 3.29. The van der Waals surface area contributed by atoms with E-state index in [9.17, 15) is 14.3 Å². The lowest BCUT2D eigenvalue weighted by Crippen LogP contribution is -2.42. The first kappa shape index (κ1) is 15.9. The van der Waals surface area contributed by atoms with Gasteiger partial charge in [-0.15, -0.1) is 0 Å². The van der Waals surface area contributed by atoms with E-state index in [0.717, 1.165) is 12.8 Å². The predicted octanol–water partition coefficient (Wildman–Crippen LogP) is 2.28. The molecule has 0 bridgehead atoms. The number of aliphatic hydroxyl groups is 1. The number of carbonyl (C=O) groups excluding carboxylic acids is 1. The molecule has 2 rings (SSSR count). The van der Waals surface area contributed by atoms with Gasteiger partial charge in [0.2, 0.25) is 0 Å². The van der Waals surface area contributed by atoms with E-state index in [2.05, 4.69) is 0 Å². The Hall–Kier alpha value is -1.46. The van der Waals surface area contributed by atoms with Crippen molar-refractivity contribution >= 4 is 5.91 Å². The Morgan fingerprint density at radius 2 is 2.05 bits per heavy atom. The van der Waals surface area contributed by atoms with Gasteiger partial charge in [0.25, 0.3) is 5.91 Å². The second-order valence-electron chi connectivity index (χ2n) is 5.39. The van der Waals surface area contributed by atoms with Gasteiger partial charge < -0.3 is 14.7 Å². The molecular weight excluding hydrogens is 273 g/mol. The van der Waals surface area contributed by atoms with E-state index in [1.807, 2.05) is 6.92 Å². The lowest BCUT2D eigenvalue weighted by Gasteiger charge is -2.28. The summed E-state index contributed by atoms with van der Waals surface area (Å²) in [6.07, 6.45) is 0.599. The smallest absolute Gasteiger partial charge is 0.251 e. The zero-order chi connectivity index (χ0) is 15.4. The van der Waals surface area contributed by atoms with E-state index >= 15 is 0 Å². The minimum atomic E-state index is -0.816. The molecule has 1 saturated carbocycles. The Labute approximate surface area is 124 Å². The van der Waals surface area contributed by atoms with Crippen molar-refractivity contribution in [3.05, 3.63) is 35.6 Å². The summed E-state index contributed by atoms with van der Waals surface area (Å²) >= 11 is 0. The highest BCUT2D eigenvalue weighted by Gasteiger charge is 2.36. The fraction of sp³-hybridized carbons (Fsp3) is 0.562. The van der Waals surface area contributed by atoms with Gasteiger partial charge in [-0.3, -0.25) is 4.79 Å². The molecule has 0 aliphatic heterocycles. The summed E-state index contributed by atoms with van der Waals surface area (Å²) in [4.78, 5) is 14.1. The summed E-state index contributed by atoms with van der Waals surface area (Å²) in [7, 11) is 0. The maximum absolute atomic E-state index is 12.9. The molecule has 1 amide bonds. The van der Waals surface area contributed by atoms with E-state index in [1.54, 1.807) is 24.0 Å². The van der Waals surface area contributed by atoms with Crippen molar-refractivity contribution in [3.63, 3.8) is 0 Å². The van der Waals surface area contributed by atoms with Crippen molar-refractivity contribution < 1.29 is 19.0 Å². The quantitative estimate of drug-likeness (QED) is 0.839. The summed E-state index contributed by atoms with van der Waals surface area (Å²) in [5.41, 5.74) is 0.610. The van der Waals surface area contributed by atoms with Crippen molar-refractivity contribution in [2.75, 3.05) is 13.2 Å². The van der Waals surface area contributed by atoms with Gasteiger partial charge in [-0.25, -0.2) is 4.39 Å². The van der Waals surface area contributed by atoms with Crippen LogP contribution in [0.15, 0.2) is 24.3 Å². The molecule has 0 heterocycles. The standard InChI is InChI=1S/C16H22FNO3/c1-3-21-11(2)16(20)18(14-8-9-14)10-15(19)12-4-6-13(17)7-5-12/h4-7,11,14-15,19H,3,8-10H2,1-2H3. The van der Waals surface area contributed by atoms with Gasteiger partial charge in [0.1, 0.15) is 11.9 Å². The average molecular weight is 295 g/mol. The SMILES string of the molecule is CCOC(C)C(=O)N(CC(O)c1ccc(F)cc1)C1CC1. The highest BCUT2D eigenvalue weighted by atomic mass is 19.1. The molecule has 2 atom stereocenters. The molecular formula is C16H22FNO3. The first-order valence-corrected chi connectivity index (χ1v) is 7.38. The molecule has 5 heteroatoms. The van der Waals surface area contributed by atoms with Gasteiger partial charge in [-0.1, -0.05) is 12.1 Å². The van der Waals surface area contributed by atoms with Crippen LogP contribution in [0.5, 0.6) is 0 Å². The molecule has 1 aromatic rings. The zero-order valence-corrected chi connectivity index (χ0v) is 12.5. The lowest BCUT2D eigenvalue weighted by molar-refractivity contribution is -0.144. The Morgan fingerprint density at radius 1 is 1.43 bits per heavy atom. The van der Waals surface area contributed by atoms with Crippen molar-refractivity contribution in [1.82, 2.24) is 4.90 Å². The normalized spacial score (nSPS) is 17.3. The maximum Gasteiger partial charge on any atom is 0.251 e. The lowest BCUT2D eigenvalue weighted by atomic mass is 10.1. The van der Waals surface area contributed by atoms with Crippen LogP contribution in [0.1, 0.15) is 38.4 Å². The number of amides is 1. The summed E-state index contributed by atoms with van der Waals surface area (Å²) < 4.78 is 18.3. The van der Waals surface area contributed by atoms with Crippen LogP contribution in [0, 0.1) is 5.82 Å². The van der Waals surface area contributed by atoms with Crippen LogP contribution in [-0.4, -0.2) is 41.2 Å². The van der Waals surface area contributed by atoms with Crippen LogP contribution in [0.25, 0.3) is 0 Å². The second kappa shape index (κ2) is 7.00. The highest BCUT2D eigenvalue weighted by Crippen LogP contribution is 2.29. The molecule has 1 N–H and O–H groups in total. The Kier molecular flexibility index (Phi) is 5.31. The van der Waals surface area contributed by atoms with Crippen LogP contribution >= 0.6 is 0 Å². The first-order chi connectivity index (χ1) is 10.0. The molecule has 1 fully saturated rings. The molecule has 116 valence electrons. The number of rotatable bonds is 7. The van der Waals surface area contributed by atoms with Crippen LogP contribution in [0.4, 0.5) is 4.39 Å². The Balaban J connectivity index is 2.02. The van der Waals surface area contributed by atoms with Crippen molar-refractivity contribution in [1.29, 1.82) is 0 Å². The molecule has 0 aromatic heterocycles. The van der Waals surface area contributed by atoms with Gasteiger partial charge in [-0.2, -0.15) is 0 Å². The van der Waals surface area contributed by atoms with E-state index in [4.69, 9.17) is 4.74 Å². The van der Waals surface area contributed by atoms with Gasteiger partial charge in [0.15, 0.2) is 0 Å². The molecule has 0 radical (unpaired) electrons. The van der Waals surface area contributed by atoms with E-state index in [0.29, 0.717) is 12.2 Å². The molecule has 1 aliphatic carbocycles. The van der Waals surface area contributed by atoms with E-state index in [1.165, 1.54) is 12.1 Å². The summed E-state index contributed by atoms with van der Waals surface area (Å²) in [6.45, 7) is 4.27.